The summed E-state index contributed by atoms with van der Waals surface area (Å²) in [6.07, 6.45) is 2.01. The molecule has 1 aromatic carbocycles. The number of aliphatic carboxylic acids is 1. The molecule has 0 aliphatic heterocycles. The number of hydrogen-bond acceptors (Lipinski definition) is 7. The molecule has 11 nitrogen and oxygen atoms in total. The summed E-state index contributed by atoms with van der Waals surface area (Å²) in [4.78, 5) is 49.6. The van der Waals surface area contributed by atoms with Crippen LogP contribution in [0.5, 0.6) is 5.75 Å². The van der Waals surface area contributed by atoms with Crippen LogP contribution in [0.15, 0.2) is 24.3 Å². The molecule has 0 fully saturated rings. The number of unbranched alkanes of at least 4 members (excludes halogenated alkanes) is 1. The van der Waals surface area contributed by atoms with Crippen molar-refractivity contribution in [1.82, 2.24) is 16.0 Å². The van der Waals surface area contributed by atoms with E-state index in [2.05, 4.69) is 16.0 Å². The molecule has 0 aliphatic rings. The largest absolute Gasteiger partial charge is 0.508 e. The number of benzene rings is 1. The van der Waals surface area contributed by atoms with Crippen molar-refractivity contribution >= 4 is 23.7 Å². The number of nitrogens with two attached hydrogens (primary N) is 2. The number of amides is 3. The first-order chi connectivity index (χ1) is 16.4. The van der Waals surface area contributed by atoms with Crippen LogP contribution in [0.1, 0.15) is 52.0 Å². The van der Waals surface area contributed by atoms with Crippen LogP contribution >= 0.6 is 0 Å². The summed E-state index contributed by atoms with van der Waals surface area (Å²) in [6, 6.07) is 1.99. The van der Waals surface area contributed by atoms with E-state index >= 15 is 0 Å². The Morgan fingerprint density at radius 3 is 2.03 bits per heavy atom. The van der Waals surface area contributed by atoms with Crippen molar-refractivity contribution in [2.24, 2.45) is 17.4 Å². The highest BCUT2D eigenvalue weighted by atomic mass is 16.4. The van der Waals surface area contributed by atoms with Crippen LogP contribution in [0.2, 0.25) is 0 Å². The van der Waals surface area contributed by atoms with Gasteiger partial charge in [-0.05, 0) is 62.8 Å². The van der Waals surface area contributed by atoms with Crippen LogP contribution in [-0.4, -0.2) is 64.6 Å². The highest BCUT2D eigenvalue weighted by molar-refractivity contribution is 5.93. The first kappa shape index (κ1) is 29.9. The third kappa shape index (κ3) is 11.2. The van der Waals surface area contributed by atoms with Crippen molar-refractivity contribution < 1.29 is 29.4 Å². The van der Waals surface area contributed by atoms with Crippen LogP contribution in [0.25, 0.3) is 0 Å². The number of carboxylic acid groups (broad SMARTS) is 1. The molecule has 0 bridgehead atoms. The molecule has 4 atom stereocenters. The lowest BCUT2D eigenvalue weighted by molar-refractivity contribution is -0.142. The summed E-state index contributed by atoms with van der Waals surface area (Å²) >= 11 is 0. The molecule has 0 saturated carbocycles. The maximum Gasteiger partial charge on any atom is 0.326 e. The third-order valence-corrected chi connectivity index (χ3v) is 5.38. The van der Waals surface area contributed by atoms with Crippen LogP contribution in [-0.2, 0) is 25.6 Å². The molecule has 3 amide bonds. The number of phenolic OH excluding ortho intramolecular Hbond substituents is 1. The number of carbonyl (C=O) groups excluding carboxylic acids is 3. The monoisotopic (exact) mass is 493 g/mol. The molecule has 0 heterocycles. The van der Waals surface area contributed by atoms with Gasteiger partial charge in [-0.2, -0.15) is 0 Å². The first-order valence-electron chi connectivity index (χ1n) is 11.8. The second kappa shape index (κ2) is 14.9. The third-order valence-electron chi connectivity index (χ3n) is 5.38. The molecule has 0 saturated heterocycles. The number of rotatable bonds is 15. The summed E-state index contributed by atoms with van der Waals surface area (Å²) in [7, 11) is 0. The summed E-state index contributed by atoms with van der Waals surface area (Å²) in [5.74, 6) is -2.71. The fourth-order valence-electron chi connectivity index (χ4n) is 3.40. The highest BCUT2D eigenvalue weighted by Crippen LogP contribution is 2.12. The molecule has 4 unspecified atom stereocenters. The van der Waals surface area contributed by atoms with Crippen molar-refractivity contribution in [2.75, 3.05) is 6.54 Å². The summed E-state index contributed by atoms with van der Waals surface area (Å²) in [6.45, 7) is 5.73. The van der Waals surface area contributed by atoms with Gasteiger partial charge in [0, 0.05) is 6.42 Å². The topological polar surface area (TPSA) is 197 Å². The van der Waals surface area contributed by atoms with Gasteiger partial charge in [0.1, 0.15) is 23.9 Å². The van der Waals surface area contributed by atoms with E-state index in [1.807, 2.05) is 13.8 Å². The van der Waals surface area contributed by atoms with Gasteiger partial charge in [0.05, 0.1) is 6.04 Å². The predicted molar refractivity (Wildman–Crippen MR) is 131 cm³/mol. The Kier molecular flexibility index (Phi) is 12.7. The fraction of sp³-hybridized carbons (Fsp3) is 0.583. The summed E-state index contributed by atoms with van der Waals surface area (Å²) < 4.78 is 0. The van der Waals surface area contributed by atoms with Gasteiger partial charge in [0.2, 0.25) is 17.7 Å². The van der Waals surface area contributed by atoms with E-state index in [1.165, 1.54) is 19.1 Å². The highest BCUT2D eigenvalue weighted by Gasteiger charge is 2.28. The zero-order valence-electron chi connectivity index (χ0n) is 20.6. The summed E-state index contributed by atoms with van der Waals surface area (Å²) in [5, 5.41) is 26.5. The Bertz CT molecular complexity index is 845. The first-order valence-corrected chi connectivity index (χ1v) is 11.8. The molecule has 0 radical (unpaired) electrons. The molecule has 196 valence electrons. The quantitative estimate of drug-likeness (QED) is 0.166. The van der Waals surface area contributed by atoms with E-state index < -0.39 is 47.9 Å². The number of phenols is 1. The van der Waals surface area contributed by atoms with Gasteiger partial charge in [-0.15, -0.1) is 0 Å². The van der Waals surface area contributed by atoms with E-state index in [1.54, 1.807) is 12.1 Å². The van der Waals surface area contributed by atoms with Gasteiger partial charge in [-0.3, -0.25) is 14.4 Å². The zero-order valence-corrected chi connectivity index (χ0v) is 20.6. The molecule has 35 heavy (non-hydrogen) atoms. The van der Waals surface area contributed by atoms with Crippen molar-refractivity contribution in [3.05, 3.63) is 29.8 Å². The molecular formula is C24H39N5O6. The Labute approximate surface area is 206 Å². The molecule has 9 N–H and O–H groups in total. The van der Waals surface area contributed by atoms with Gasteiger partial charge in [-0.25, -0.2) is 4.79 Å². The van der Waals surface area contributed by atoms with Gasteiger partial charge in [0.25, 0.3) is 0 Å². The minimum Gasteiger partial charge on any atom is -0.508 e. The molecule has 0 aliphatic carbocycles. The Morgan fingerprint density at radius 2 is 1.49 bits per heavy atom. The van der Waals surface area contributed by atoms with Crippen LogP contribution in [0.4, 0.5) is 0 Å². The number of carboxylic acids is 1. The van der Waals surface area contributed by atoms with Gasteiger partial charge in [-0.1, -0.05) is 26.0 Å². The lowest BCUT2D eigenvalue weighted by Gasteiger charge is -2.24. The van der Waals surface area contributed by atoms with Crippen molar-refractivity contribution in [1.29, 1.82) is 0 Å². The molecule has 0 aromatic heterocycles. The maximum atomic E-state index is 12.9. The van der Waals surface area contributed by atoms with Crippen molar-refractivity contribution in [3.63, 3.8) is 0 Å². The van der Waals surface area contributed by atoms with E-state index in [0.29, 0.717) is 37.8 Å². The van der Waals surface area contributed by atoms with Crippen LogP contribution in [0, 0.1) is 5.92 Å². The molecule has 1 aromatic rings. The minimum atomic E-state index is -1.24. The predicted octanol–water partition coefficient (Wildman–Crippen LogP) is -0.00400. The van der Waals surface area contributed by atoms with Crippen LogP contribution < -0.4 is 27.4 Å². The number of hydrogen-bond donors (Lipinski definition) is 7. The Morgan fingerprint density at radius 1 is 0.886 bits per heavy atom. The average molecular weight is 494 g/mol. The molecule has 11 heteroatoms. The Balaban J connectivity index is 2.79. The molecular weight excluding hydrogens is 454 g/mol. The van der Waals surface area contributed by atoms with E-state index in [-0.39, 0.29) is 18.1 Å². The minimum absolute atomic E-state index is 0.00642. The summed E-state index contributed by atoms with van der Waals surface area (Å²) in [5.41, 5.74) is 12.1. The lowest BCUT2D eigenvalue weighted by atomic mass is 10.0. The van der Waals surface area contributed by atoms with Gasteiger partial charge < -0.3 is 37.6 Å². The second-order valence-electron chi connectivity index (χ2n) is 9.08. The maximum absolute atomic E-state index is 12.9. The number of nitrogens with one attached hydrogen (secondary N) is 3. The number of carbonyl (C=O) groups is 4. The smallest absolute Gasteiger partial charge is 0.326 e. The Hall–Kier alpha value is -3.18. The normalized spacial score (nSPS) is 14.5. The van der Waals surface area contributed by atoms with Crippen molar-refractivity contribution in [3.8, 4) is 5.75 Å². The SMILES string of the molecule is CC(C)CC(N)C(=O)NC(CCCCN)C(=O)NC(C)C(=O)NC(Cc1ccc(O)cc1)C(=O)O. The van der Waals surface area contributed by atoms with E-state index in [0.717, 1.165) is 0 Å². The van der Waals surface area contributed by atoms with E-state index in [9.17, 15) is 29.4 Å². The fourth-order valence-corrected chi connectivity index (χ4v) is 3.40. The molecule has 0 spiro atoms. The van der Waals surface area contributed by atoms with Crippen molar-refractivity contribution in [2.45, 2.75) is 77.0 Å². The molecule has 1 rings (SSSR count). The van der Waals surface area contributed by atoms with E-state index in [4.69, 9.17) is 11.5 Å². The zero-order chi connectivity index (χ0) is 26.5. The number of aromatic hydroxyl groups is 1. The van der Waals surface area contributed by atoms with Crippen LogP contribution in [0.3, 0.4) is 0 Å². The standard InChI is InChI=1S/C24H39N5O6/c1-14(2)12-18(26)22(32)28-19(6-4-5-11-25)23(33)27-15(3)21(31)29-20(24(34)35)13-16-7-9-17(30)10-8-16/h7-10,14-15,18-20,30H,4-6,11-13,25-26H2,1-3H3,(H,27,33)(H,28,32)(H,29,31)(H,34,35). The second-order valence-corrected chi connectivity index (χ2v) is 9.08. The lowest BCUT2D eigenvalue weighted by Crippen LogP contribution is -2.56. The van der Waals surface area contributed by atoms with Gasteiger partial charge >= 0.3 is 5.97 Å². The van der Waals surface area contributed by atoms with Gasteiger partial charge in [0.15, 0.2) is 0 Å². The average Bonchev–Trinajstić information content (AvgIpc) is 2.78.